The van der Waals surface area contributed by atoms with E-state index in [1.54, 1.807) is 102 Å². The number of hydrogen-bond donors (Lipinski definition) is 4. The summed E-state index contributed by atoms with van der Waals surface area (Å²) >= 11 is 18.2. The van der Waals surface area contributed by atoms with E-state index in [0.29, 0.717) is 185 Å². The van der Waals surface area contributed by atoms with Crippen LogP contribution < -0.4 is 58.6 Å². The molecule has 26 nitrogen and oxygen atoms in total. The number of carbonyl (C=O) groups is 7. The van der Waals surface area contributed by atoms with Crippen molar-refractivity contribution in [1.82, 2.24) is 40.7 Å². The van der Waals surface area contributed by atoms with E-state index in [9.17, 15) is 51.8 Å². The molecule has 6 aromatic carbocycles. The molecule has 3 amide bonds. The maximum absolute atomic E-state index is 14.1. The third-order valence-electron chi connectivity index (χ3n) is 23.5. The van der Waals surface area contributed by atoms with Crippen molar-refractivity contribution in [1.29, 1.82) is 0 Å². The molecule has 10 aromatic rings. The van der Waals surface area contributed by atoms with Gasteiger partial charge in [-0.05, 0) is 146 Å². The molecule has 0 bridgehead atoms. The van der Waals surface area contributed by atoms with Crippen LogP contribution in [-0.2, 0) is 53.1 Å². The van der Waals surface area contributed by atoms with E-state index >= 15 is 0 Å². The van der Waals surface area contributed by atoms with Gasteiger partial charge in [0.25, 0.3) is 17.7 Å². The van der Waals surface area contributed by atoms with Gasteiger partial charge in [0.05, 0.1) is 80.8 Å². The highest BCUT2D eigenvalue weighted by Crippen LogP contribution is 2.52. The Morgan fingerprint density at radius 3 is 1.28 bits per heavy atom. The van der Waals surface area contributed by atoms with Crippen LogP contribution in [0.1, 0.15) is 169 Å². The van der Waals surface area contributed by atoms with Crippen molar-refractivity contribution in [2.45, 2.75) is 152 Å². The van der Waals surface area contributed by atoms with Gasteiger partial charge in [0.1, 0.15) is 68.7 Å². The zero-order valence-electron chi connectivity index (χ0n) is 71.0. The van der Waals surface area contributed by atoms with Gasteiger partial charge in [-0.3, -0.25) is 38.2 Å². The highest BCUT2D eigenvalue weighted by Gasteiger charge is 2.50. The minimum atomic E-state index is -1.64. The van der Waals surface area contributed by atoms with Crippen molar-refractivity contribution in [2.24, 2.45) is 0 Å². The minimum Gasteiger partial charge on any atom is -0.493 e. The summed E-state index contributed by atoms with van der Waals surface area (Å²) < 4.78 is 101. The number of ketones is 4. The van der Waals surface area contributed by atoms with Crippen LogP contribution in [-0.4, -0.2) is 156 Å². The summed E-state index contributed by atoms with van der Waals surface area (Å²) in [6, 6.07) is 34.8. The second-order valence-corrected chi connectivity index (χ2v) is 35.2. The Kier molecular flexibility index (Phi) is 25.9. The van der Waals surface area contributed by atoms with Gasteiger partial charge in [-0.1, -0.05) is 76.3 Å². The summed E-state index contributed by atoms with van der Waals surface area (Å²) in [5.74, 6) is 0.805. The van der Waals surface area contributed by atoms with Crippen molar-refractivity contribution >= 4 is 75.7 Å². The largest absolute Gasteiger partial charge is 0.493 e. The molecule has 0 radical (unpaired) electrons. The number of fused-ring (bicyclic) bond motifs is 3. The third kappa shape index (κ3) is 19.3. The lowest BCUT2D eigenvalue weighted by atomic mass is 9.83. The van der Waals surface area contributed by atoms with Crippen molar-refractivity contribution in [2.75, 3.05) is 67.4 Å². The maximum Gasteiger partial charge on any atom is 0.261 e. The topological polar surface area (TPSA) is 328 Å². The fourth-order valence-corrected chi connectivity index (χ4v) is 16.4. The maximum atomic E-state index is 14.1. The number of Topliss-reactive ketones (excluding diaryl/α,β-unsaturated/α-hetero) is 4. The standard InChI is InChI=1S/C34H34ClFN4O6.C31H30ClFN2O6.C30H28ClFN2O6/c1-33(2)19-45-31-22(33)17-29(39-30(31)21-5-7-24(36)23(35)15-21)34(43,18-40-14-4-12-38-40)11-9-25(41)20-6-8-26(28(16-20)44-3)46-27-10-13-37-32(27)42;1-30(2)15-39-28-19(30)14-26(35-27(28)18-4-6-21(33)20(32)12-18)31(16-40-31)10-8-22(36)17-5-7-23(25(13-17)38-3)41-24-9-11-34-29(24)37;1-30(2)15-39-28-18(30)14-21(34-27(28)17-4-6-20(32)19(31)12-17)23(36)8-7-22(35)16-5-9-24(26(13-16)38-3)40-25-10-11-33-29(25)37/h4-8,12,14-17,27,43H,9-11,13,18-19H2,1-3H3,(H,37,42);4-7,12-14,24H,8-11,15-16H2,1-3H3,(H,34,37);4-6,9,12-14,25H,7-8,10-11,15H2,1-3H3,(H,33,37). The third-order valence-corrected chi connectivity index (χ3v) is 24.4. The number of halogens is 6. The molecule has 5 unspecified atom stereocenters. The first-order valence-electron chi connectivity index (χ1n) is 41.4. The number of epoxide rings is 1. The summed E-state index contributed by atoms with van der Waals surface area (Å²) in [6.45, 7) is 15.6. The monoisotopic (exact) mass is 1790 g/mol. The molecule has 662 valence electrons. The second kappa shape index (κ2) is 36.7. The number of hydrogen-bond acceptors (Lipinski definition) is 22. The van der Waals surface area contributed by atoms with E-state index in [2.05, 4.69) is 39.9 Å². The molecule has 4 saturated heterocycles. The molecule has 4 N–H and O–H groups in total. The molecule has 0 saturated carbocycles. The van der Waals surface area contributed by atoms with E-state index in [0.717, 1.165) is 16.7 Å². The summed E-state index contributed by atoms with van der Waals surface area (Å²) in [7, 11) is 4.41. The van der Waals surface area contributed by atoms with Crippen LogP contribution in [0.15, 0.2) is 146 Å². The minimum absolute atomic E-state index is 0.00190. The normalized spacial score (nSPS) is 19.0. The fourth-order valence-electron chi connectivity index (χ4n) is 15.9. The number of carbonyl (C=O) groups excluding carboxylic acids is 7. The average molecular weight is 1800 g/mol. The van der Waals surface area contributed by atoms with Gasteiger partial charge in [0, 0.05) is 143 Å². The lowest BCUT2D eigenvalue weighted by molar-refractivity contribution is -0.125. The van der Waals surface area contributed by atoms with Crippen molar-refractivity contribution in [3.05, 3.63) is 229 Å². The van der Waals surface area contributed by atoms with Gasteiger partial charge < -0.3 is 68.4 Å². The highest BCUT2D eigenvalue weighted by molar-refractivity contribution is 6.31. The number of aliphatic hydroxyl groups is 1. The zero-order chi connectivity index (χ0) is 90.2. The van der Waals surface area contributed by atoms with E-state index in [-0.39, 0.29) is 111 Å². The molecule has 0 aliphatic carbocycles. The molecule has 7 aliphatic heterocycles. The molecule has 127 heavy (non-hydrogen) atoms. The Morgan fingerprint density at radius 1 is 0.488 bits per heavy atom. The molecule has 11 heterocycles. The van der Waals surface area contributed by atoms with Gasteiger partial charge in [-0.25, -0.2) is 28.1 Å². The van der Waals surface area contributed by atoms with Gasteiger partial charge in [-0.15, -0.1) is 0 Å². The second-order valence-electron chi connectivity index (χ2n) is 34.0. The molecule has 32 heteroatoms. The van der Waals surface area contributed by atoms with Gasteiger partial charge in [0.2, 0.25) is 0 Å². The summed E-state index contributed by atoms with van der Waals surface area (Å²) in [4.78, 5) is 103. The molecule has 0 spiro atoms. The van der Waals surface area contributed by atoms with Crippen molar-refractivity contribution in [3.63, 3.8) is 0 Å². The van der Waals surface area contributed by atoms with Gasteiger partial charge in [0.15, 0.2) is 75.9 Å². The van der Waals surface area contributed by atoms with E-state index in [1.807, 2.05) is 39.8 Å². The highest BCUT2D eigenvalue weighted by atomic mass is 35.5. The Hall–Kier alpha value is -12.2. The summed E-state index contributed by atoms with van der Waals surface area (Å²) in [5, 5.41) is 24.7. The van der Waals surface area contributed by atoms with E-state index in [4.69, 9.17) is 92.1 Å². The first-order chi connectivity index (χ1) is 60.6. The van der Waals surface area contributed by atoms with Gasteiger partial charge >= 0.3 is 0 Å². The van der Waals surface area contributed by atoms with Crippen LogP contribution in [0, 0.1) is 17.5 Å². The van der Waals surface area contributed by atoms with Crippen LogP contribution in [0.4, 0.5) is 13.2 Å². The molecular weight excluding hydrogens is 1700 g/mol. The van der Waals surface area contributed by atoms with Crippen LogP contribution >= 0.6 is 34.8 Å². The Labute approximate surface area is 744 Å². The van der Waals surface area contributed by atoms with Gasteiger partial charge in [-0.2, -0.15) is 5.10 Å². The van der Waals surface area contributed by atoms with Crippen LogP contribution in [0.25, 0.3) is 33.8 Å². The smallest absolute Gasteiger partial charge is 0.261 e. The number of ether oxygens (including phenoxy) is 10. The van der Waals surface area contributed by atoms with Crippen LogP contribution in [0.2, 0.25) is 15.1 Å². The molecular formula is C95H92Cl3F3N8O18. The number of nitrogens with zero attached hydrogens (tertiary/aromatic N) is 5. The number of rotatable bonds is 29. The number of benzene rings is 6. The molecule has 4 fully saturated rings. The number of amides is 3. The number of methoxy groups -OCH3 is 3. The Balaban J connectivity index is 0.000000147. The van der Waals surface area contributed by atoms with E-state index in [1.165, 1.54) is 57.7 Å². The quantitative estimate of drug-likeness (QED) is 0.0250. The number of aromatic nitrogens is 5. The Bertz CT molecular complexity index is 6010. The number of nitrogens with one attached hydrogen (secondary N) is 3. The SMILES string of the molecule is COc1cc(C(=O)CCC(=O)c2cc3c(c(-c4ccc(F)c(Cl)c4)n2)OCC3(C)C)ccc1OC1CCNC1=O.COc1cc(C(=O)CCC(O)(Cn2cccn2)c2cc3c(c(-c4ccc(F)c(Cl)c4)n2)OCC3(C)C)ccc1OC1CCNC1=O.COc1cc(C(=O)CCC2(c3cc4c(c(-c5ccc(F)c(Cl)c5)n3)OCC4(C)C)CO2)ccc1OC1CCNC1=O. The number of pyridine rings is 3. The van der Waals surface area contributed by atoms with Crippen molar-refractivity contribution < 1.29 is 99.2 Å². The lowest BCUT2D eigenvalue weighted by Crippen LogP contribution is -2.34. The Morgan fingerprint density at radius 2 is 0.882 bits per heavy atom. The fraction of sp³-hybridized carbons (Fsp3) is 0.358. The summed E-state index contributed by atoms with van der Waals surface area (Å²) in [6.07, 6.45) is 3.64. The summed E-state index contributed by atoms with van der Waals surface area (Å²) in [5.41, 5.74) is 4.69. The van der Waals surface area contributed by atoms with Crippen molar-refractivity contribution in [3.8, 4) is 85.5 Å². The first kappa shape index (κ1) is 89.7. The van der Waals surface area contributed by atoms with Crippen LogP contribution in [0.5, 0.6) is 51.7 Å². The molecule has 5 atom stereocenters. The first-order valence-corrected chi connectivity index (χ1v) is 42.5. The average Bonchev–Trinajstić information content (AvgIpc) is 1.59. The molecule has 17 rings (SSSR count). The van der Waals surface area contributed by atoms with Crippen LogP contribution in [0.3, 0.4) is 0 Å². The predicted molar refractivity (Wildman–Crippen MR) is 463 cm³/mol. The van der Waals surface area contributed by atoms with E-state index < -0.39 is 52.4 Å². The molecule has 4 aromatic heterocycles. The lowest BCUT2D eigenvalue weighted by Gasteiger charge is -2.29. The zero-order valence-corrected chi connectivity index (χ0v) is 73.3. The predicted octanol–water partition coefficient (Wildman–Crippen LogP) is 15.9. The molecule has 7 aliphatic rings.